The van der Waals surface area contributed by atoms with Crippen molar-refractivity contribution in [2.24, 2.45) is 0 Å². The van der Waals surface area contributed by atoms with E-state index in [1.807, 2.05) is 0 Å². The van der Waals surface area contributed by atoms with E-state index in [0.29, 0.717) is 5.69 Å². The van der Waals surface area contributed by atoms with Crippen LogP contribution in [0.3, 0.4) is 0 Å². The van der Waals surface area contributed by atoms with E-state index in [-0.39, 0.29) is 0 Å². The summed E-state index contributed by atoms with van der Waals surface area (Å²) in [5.74, 6) is 2.24. The molecule has 0 unspecified atom stereocenters. The molecule has 1 heterocycles. The lowest BCUT2D eigenvalue weighted by Crippen LogP contribution is -1.68. The van der Waals surface area contributed by atoms with Crippen molar-refractivity contribution in [1.82, 2.24) is 10.4 Å². The summed E-state index contributed by atoms with van der Waals surface area (Å²) in [6.45, 7) is 0. The second-order valence-corrected chi connectivity index (χ2v) is 0.934. The molecule has 0 fully saturated rings. The number of terminal acetylenes is 1. The lowest BCUT2D eigenvalue weighted by atomic mass is 10.5. The molecule has 3 nitrogen and oxygen atoms in total. The minimum absolute atomic E-state index is 0.431. The minimum Gasteiger partial charge on any atom is -0.344 e. The van der Waals surface area contributed by atoms with Crippen LogP contribution in [-0.2, 0) is 0 Å². The fourth-order valence-corrected chi connectivity index (χ4v) is 0.228. The summed E-state index contributed by atoms with van der Waals surface area (Å²) in [5.41, 5.74) is 0.431. The van der Waals surface area contributed by atoms with Crippen LogP contribution < -0.4 is 0 Å². The van der Waals surface area contributed by atoms with E-state index in [0.717, 1.165) is 0 Å². The minimum atomic E-state index is 0.431. The Morgan fingerprint density at radius 3 is 3.00 bits per heavy atom. The van der Waals surface area contributed by atoms with E-state index in [9.17, 15) is 0 Å². The lowest BCUT2D eigenvalue weighted by Gasteiger charge is -1.59. The Balaban J connectivity index is 3.04. The van der Waals surface area contributed by atoms with Gasteiger partial charge in [0, 0.05) is 5.27 Å². The molecule has 0 aliphatic heterocycles. The first kappa shape index (κ1) is 3.88. The van der Waals surface area contributed by atoms with Crippen molar-refractivity contribution >= 4 is 0 Å². The highest BCUT2D eigenvalue weighted by atomic mass is 16.5. The third kappa shape index (κ3) is 0.578. The van der Waals surface area contributed by atoms with Crippen molar-refractivity contribution in [2.45, 2.75) is 0 Å². The van der Waals surface area contributed by atoms with Gasteiger partial charge in [0.15, 0.2) is 12.0 Å². The SMILES string of the molecule is C#Cc1conn1. The zero-order chi connectivity index (χ0) is 5.11. The normalized spacial score (nSPS) is 7.86. The Morgan fingerprint density at radius 1 is 1.86 bits per heavy atom. The molecule has 0 saturated heterocycles. The number of aromatic nitrogens is 2. The van der Waals surface area contributed by atoms with Crippen LogP contribution in [0, 0.1) is 12.3 Å². The van der Waals surface area contributed by atoms with Crippen LogP contribution in [0.5, 0.6) is 0 Å². The van der Waals surface area contributed by atoms with Crippen LogP contribution in [0.1, 0.15) is 5.69 Å². The Hall–Kier alpha value is -1.30. The van der Waals surface area contributed by atoms with Gasteiger partial charge in [-0.25, -0.2) is 0 Å². The fourth-order valence-electron chi connectivity index (χ4n) is 0.228. The zero-order valence-corrected chi connectivity index (χ0v) is 3.46. The Morgan fingerprint density at radius 2 is 2.71 bits per heavy atom. The van der Waals surface area contributed by atoms with Crippen molar-refractivity contribution in [3.05, 3.63) is 12.0 Å². The molecule has 0 N–H and O–H groups in total. The van der Waals surface area contributed by atoms with Gasteiger partial charge in [-0.1, -0.05) is 0 Å². The van der Waals surface area contributed by atoms with Crippen LogP contribution in [0.15, 0.2) is 10.8 Å². The highest BCUT2D eigenvalue weighted by Crippen LogP contribution is 1.83. The Bertz CT molecular complexity index is 172. The summed E-state index contributed by atoms with van der Waals surface area (Å²) in [5, 5.41) is 6.51. The highest BCUT2D eigenvalue weighted by Gasteiger charge is 1.84. The number of nitrogens with zero attached hydrogens (tertiary/aromatic N) is 2. The molecule has 0 aromatic carbocycles. The maximum Gasteiger partial charge on any atom is 0.176 e. The molecule has 1 aromatic heterocycles. The molecule has 0 aliphatic carbocycles. The monoisotopic (exact) mass is 94.0 g/mol. The van der Waals surface area contributed by atoms with E-state index >= 15 is 0 Å². The topological polar surface area (TPSA) is 38.9 Å². The van der Waals surface area contributed by atoms with E-state index in [4.69, 9.17) is 6.42 Å². The fraction of sp³-hybridized carbons (Fsp3) is 0. The van der Waals surface area contributed by atoms with Gasteiger partial charge >= 0.3 is 0 Å². The van der Waals surface area contributed by atoms with E-state index in [2.05, 4.69) is 20.8 Å². The second-order valence-electron chi connectivity index (χ2n) is 0.934. The van der Waals surface area contributed by atoms with Crippen LogP contribution in [0.2, 0.25) is 0 Å². The summed E-state index contributed by atoms with van der Waals surface area (Å²) >= 11 is 0. The summed E-state index contributed by atoms with van der Waals surface area (Å²) in [7, 11) is 0. The average molecular weight is 94.1 g/mol. The molecule has 0 aliphatic rings. The van der Waals surface area contributed by atoms with Gasteiger partial charge in [-0.2, -0.15) is 0 Å². The number of hydrogen-bond acceptors (Lipinski definition) is 3. The van der Waals surface area contributed by atoms with Crippen molar-refractivity contribution in [3.8, 4) is 12.3 Å². The zero-order valence-electron chi connectivity index (χ0n) is 3.46. The van der Waals surface area contributed by atoms with E-state index in [1.165, 1.54) is 6.26 Å². The molecule has 0 radical (unpaired) electrons. The standard InChI is InChI=1S/C4H2N2O/c1-2-4-3-7-6-5-4/h1,3H. The first-order chi connectivity index (χ1) is 3.43. The van der Waals surface area contributed by atoms with Gasteiger partial charge in [0.25, 0.3) is 0 Å². The van der Waals surface area contributed by atoms with Gasteiger partial charge in [-0.3, -0.25) is 0 Å². The summed E-state index contributed by atoms with van der Waals surface area (Å²) in [6.07, 6.45) is 6.19. The predicted octanol–water partition coefficient (Wildman–Crippen LogP) is 0.0509. The highest BCUT2D eigenvalue weighted by molar-refractivity contribution is 5.16. The van der Waals surface area contributed by atoms with Crippen LogP contribution >= 0.6 is 0 Å². The molecule has 0 saturated carbocycles. The van der Waals surface area contributed by atoms with E-state index < -0.39 is 0 Å². The molecule has 0 bridgehead atoms. The maximum absolute atomic E-state index is 4.88. The van der Waals surface area contributed by atoms with Gasteiger partial charge in [0.05, 0.1) is 0 Å². The van der Waals surface area contributed by atoms with Gasteiger partial charge < -0.3 is 4.52 Å². The average Bonchev–Trinajstić information content (AvgIpc) is 2.14. The molecule has 34 valence electrons. The van der Waals surface area contributed by atoms with Crippen molar-refractivity contribution < 1.29 is 4.52 Å². The predicted molar refractivity (Wildman–Crippen MR) is 22.2 cm³/mol. The molecule has 1 aromatic rings. The summed E-state index contributed by atoms with van der Waals surface area (Å²) < 4.78 is 4.30. The molecular formula is C4H2N2O. The number of rotatable bonds is 0. The first-order valence-electron chi connectivity index (χ1n) is 1.67. The van der Waals surface area contributed by atoms with Crippen LogP contribution in [0.25, 0.3) is 0 Å². The van der Waals surface area contributed by atoms with Gasteiger partial charge in [-0.05, 0) is 5.92 Å². The van der Waals surface area contributed by atoms with Gasteiger partial charge in [0.2, 0.25) is 0 Å². The lowest BCUT2D eigenvalue weighted by molar-refractivity contribution is 0.393. The third-order valence-corrected chi connectivity index (χ3v) is 0.508. The molecular weight excluding hydrogens is 92.1 g/mol. The quantitative estimate of drug-likeness (QED) is 0.426. The van der Waals surface area contributed by atoms with Crippen molar-refractivity contribution in [3.63, 3.8) is 0 Å². The maximum atomic E-state index is 4.88. The van der Waals surface area contributed by atoms with Crippen molar-refractivity contribution in [1.29, 1.82) is 0 Å². The molecule has 0 spiro atoms. The van der Waals surface area contributed by atoms with Crippen LogP contribution in [-0.4, -0.2) is 10.4 Å². The number of hydrogen-bond donors (Lipinski definition) is 0. The molecule has 0 atom stereocenters. The van der Waals surface area contributed by atoms with Crippen LogP contribution in [0.4, 0.5) is 0 Å². The Kier molecular flexibility index (Phi) is 0.794. The summed E-state index contributed by atoms with van der Waals surface area (Å²) in [6, 6.07) is 0. The first-order valence-corrected chi connectivity index (χ1v) is 1.67. The summed E-state index contributed by atoms with van der Waals surface area (Å²) in [4.78, 5) is 0. The molecule has 0 amide bonds. The van der Waals surface area contributed by atoms with Gasteiger partial charge in [-0.15, -0.1) is 11.5 Å². The molecule has 3 heteroatoms. The molecule has 1 rings (SSSR count). The molecule has 7 heavy (non-hydrogen) atoms. The third-order valence-electron chi connectivity index (χ3n) is 0.508. The van der Waals surface area contributed by atoms with Crippen molar-refractivity contribution in [2.75, 3.05) is 0 Å². The smallest absolute Gasteiger partial charge is 0.176 e. The second kappa shape index (κ2) is 1.43. The Labute approximate surface area is 40.3 Å². The largest absolute Gasteiger partial charge is 0.344 e. The van der Waals surface area contributed by atoms with E-state index in [1.54, 1.807) is 0 Å². The van der Waals surface area contributed by atoms with Gasteiger partial charge in [0.1, 0.15) is 0 Å².